The number of ether oxygens (including phenoxy) is 2. The molecule has 190 valence electrons. The molecule has 2 aliphatic heterocycles. The lowest BCUT2D eigenvalue weighted by Gasteiger charge is -2.38. The highest BCUT2D eigenvalue weighted by Crippen LogP contribution is 2.44. The number of piperidine rings is 1. The molecular formula is C28H32N2O6. The minimum absolute atomic E-state index is 0.0648. The number of nitrogens with zero attached hydrogens (tertiary/aromatic N) is 2. The van der Waals surface area contributed by atoms with Gasteiger partial charge >= 0.3 is 18.2 Å². The summed E-state index contributed by atoms with van der Waals surface area (Å²) in [5.74, 6) is -1.88. The normalized spacial score (nSPS) is 23.0. The van der Waals surface area contributed by atoms with Crippen LogP contribution in [-0.2, 0) is 14.3 Å². The first-order valence-electron chi connectivity index (χ1n) is 12.4. The molecule has 2 saturated heterocycles. The summed E-state index contributed by atoms with van der Waals surface area (Å²) < 4.78 is 11.4. The SMILES string of the molecule is CC(C)(C)OC(=O)N1CC2CC(C(=O)O)CN(C(=O)OCC3c4ccccc4-c4ccccc43)C2C1. The Morgan fingerprint density at radius 2 is 1.53 bits per heavy atom. The van der Waals surface area contributed by atoms with Gasteiger partial charge in [-0.15, -0.1) is 0 Å². The van der Waals surface area contributed by atoms with Crippen molar-refractivity contribution in [2.75, 3.05) is 26.2 Å². The summed E-state index contributed by atoms with van der Waals surface area (Å²) in [6, 6.07) is 15.9. The molecule has 3 atom stereocenters. The van der Waals surface area contributed by atoms with Crippen molar-refractivity contribution in [3.8, 4) is 11.1 Å². The summed E-state index contributed by atoms with van der Waals surface area (Å²) in [7, 11) is 0. The van der Waals surface area contributed by atoms with E-state index in [0.717, 1.165) is 22.3 Å². The number of hydrogen-bond donors (Lipinski definition) is 1. The maximum Gasteiger partial charge on any atom is 0.410 e. The van der Waals surface area contributed by atoms with Gasteiger partial charge in [-0.1, -0.05) is 48.5 Å². The van der Waals surface area contributed by atoms with Gasteiger partial charge in [-0.2, -0.15) is 0 Å². The number of carbonyl (C=O) groups is 3. The second kappa shape index (κ2) is 9.15. The number of carboxylic acid groups (broad SMARTS) is 1. The Kier molecular flexibility index (Phi) is 6.14. The van der Waals surface area contributed by atoms with Crippen LogP contribution in [0.25, 0.3) is 11.1 Å². The van der Waals surface area contributed by atoms with E-state index in [-0.39, 0.29) is 31.0 Å². The molecule has 0 aromatic heterocycles. The van der Waals surface area contributed by atoms with Gasteiger partial charge in [0.15, 0.2) is 0 Å². The topological polar surface area (TPSA) is 96.4 Å². The Morgan fingerprint density at radius 1 is 0.917 bits per heavy atom. The third-order valence-corrected chi connectivity index (χ3v) is 7.38. The van der Waals surface area contributed by atoms with Crippen molar-refractivity contribution in [1.82, 2.24) is 9.80 Å². The van der Waals surface area contributed by atoms with E-state index in [1.54, 1.807) is 25.7 Å². The first-order chi connectivity index (χ1) is 17.1. The Balaban J connectivity index is 1.32. The van der Waals surface area contributed by atoms with E-state index in [1.807, 2.05) is 24.3 Å². The van der Waals surface area contributed by atoms with Crippen molar-refractivity contribution < 1.29 is 29.0 Å². The van der Waals surface area contributed by atoms with E-state index < -0.39 is 29.7 Å². The second-order valence-corrected chi connectivity index (χ2v) is 10.9. The Bertz CT molecular complexity index is 1140. The van der Waals surface area contributed by atoms with Crippen LogP contribution in [0.3, 0.4) is 0 Å². The van der Waals surface area contributed by atoms with Gasteiger partial charge in [-0.25, -0.2) is 9.59 Å². The molecule has 3 unspecified atom stereocenters. The fourth-order valence-corrected chi connectivity index (χ4v) is 5.79. The lowest BCUT2D eigenvalue weighted by molar-refractivity contribution is -0.144. The number of aliphatic carboxylic acids is 1. The smallest absolute Gasteiger partial charge is 0.410 e. The molecule has 3 aliphatic rings. The molecule has 1 aliphatic carbocycles. The number of hydrogen-bond acceptors (Lipinski definition) is 5. The monoisotopic (exact) mass is 492 g/mol. The zero-order chi connectivity index (χ0) is 25.6. The summed E-state index contributed by atoms with van der Waals surface area (Å²) in [5.41, 5.74) is 3.87. The van der Waals surface area contributed by atoms with Gasteiger partial charge in [0.25, 0.3) is 0 Å². The zero-order valence-corrected chi connectivity index (χ0v) is 20.8. The highest BCUT2D eigenvalue weighted by Gasteiger charge is 2.48. The second-order valence-electron chi connectivity index (χ2n) is 10.9. The first-order valence-corrected chi connectivity index (χ1v) is 12.4. The predicted octanol–water partition coefficient (Wildman–Crippen LogP) is 4.58. The van der Waals surface area contributed by atoms with E-state index >= 15 is 0 Å². The maximum atomic E-state index is 13.4. The molecule has 0 saturated carbocycles. The quantitative estimate of drug-likeness (QED) is 0.674. The van der Waals surface area contributed by atoms with Gasteiger partial charge in [0, 0.05) is 25.6 Å². The van der Waals surface area contributed by atoms with Gasteiger partial charge < -0.3 is 24.4 Å². The van der Waals surface area contributed by atoms with Crippen LogP contribution in [0.1, 0.15) is 44.2 Å². The Labute approximate surface area is 210 Å². The summed E-state index contributed by atoms with van der Waals surface area (Å²) >= 11 is 0. The number of carbonyl (C=O) groups excluding carboxylic acids is 2. The summed E-state index contributed by atoms with van der Waals surface area (Å²) in [6.45, 7) is 6.29. The van der Waals surface area contributed by atoms with Crippen LogP contribution in [0, 0.1) is 11.8 Å². The van der Waals surface area contributed by atoms with Crippen LogP contribution in [0.15, 0.2) is 48.5 Å². The van der Waals surface area contributed by atoms with Crippen LogP contribution in [0.5, 0.6) is 0 Å². The largest absolute Gasteiger partial charge is 0.481 e. The molecule has 8 nitrogen and oxygen atoms in total. The fourth-order valence-electron chi connectivity index (χ4n) is 5.79. The van der Waals surface area contributed by atoms with Crippen LogP contribution >= 0.6 is 0 Å². The first kappa shape index (κ1) is 24.2. The van der Waals surface area contributed by atoms with Gasteiger partial charge in [-0.05, 0) is 55.4 Å². The summed E-state index contributed by atoms with van der Waals surface area (Å²) in [6.07, 6.45) is -0.577. The predicted molar refractivity (Wildman–Crippen MR) is 133 cm³/mol. The molecule has 0 radical (unpaired) electrons. The number of fused-ring (bicyclic) bond motifs is 4. The molecule has 36 heavy (non-hydrogen) atoms. The number of benzene rings is 2. The molecule has 2 aromatic rings. The summed E-state index contributed by atoms with van der Waals surface area (Å²) in [5, 5.41) is 9.72. The van der Waals surface area contributed by atoms with Crippen molar-refractivity contribution >= 4 is 18.2 Å². The molecule has 0 spiro atoms. The standard InChI is InChI=1S/C28H32N2O6/c1-28(2,3)36-26(33)29-13-17-12-18(25(31)32)14-30(24(17)15-29)27(34)35-16-23-21-10-6-4-8-19(21)20-9-5-7-11-22(20)23/h4-11,17-18,23-24H,12-16H2,1-3H3,(H,31,32). The van der Waals surface area contributed by atoms with Gasteiger partial charge in [0.2, 0.25) is 0 Å². The van der Waals surface area contributed by atoms with Crippen molar-refractivity contribution in [2.45, 2.75) is 44.8 Å². The van der Waals surface area contributed by atoms with Gasteiger partial charge in [0.1, 0.15) is 12.2 Å². The lowest BCUT2D eigenvalue weighted by Crippen LogP contribution is -2.53. The highest BCUT2D eigenvalue weighted by molar-refractivity contribution is 5.79. The molecule has 1 N–H and O–H groups in total. The van der Waals surface area contributed by atoms with E-state index in [0.29, 0.717) is 19.5 Å². The zero-order valence-electron chi connectivity index (χ0n) is 20.8. The highest BCUT2D eigenvalue weighted by atomic mass is 16.6. The van der Waals surface area contributed by atoms with E-state index in [4.69, 9.17) is 9.47 Å². The number of amides is 2. The molecule has 2 amide bonds. The number of likely N-dealkylation sites (tertiary alicyclic amines) is 2. The van der Waals surface area contributed by atoms with Gasteiger partial charge in [-0.3, -0.25) is 4.79 Å². The number of rotatable bonds is 3. The van der Waals surface area contributed by atoms with Crippen LogP contribution < -0.4 is 0 Å². The summed E-state index contributed by atoms with van der Waals surface area (Å²) in [4.78, 5) is 41.0. The third kappa shape index (κ3) is 4.52. The maximum absolute atomic E-state index is 13.4. The van der Waals surface area contributed by atoms with Gasteiger partial charge in [0.05, 0.1) is 12.0 Å². The van der Waals surface area contributed by atoms with E-state index in [2.05, 4.69) is 24.3 Å². The Hall–Kier alpha value is -3.55. The molecule has 0 bridgehead atoms. The molecule has 5 rings (SSSR count). The molecular weight excluding hydrogens is 460 g/mol. The molecule has 2 aromatic carbocycles. The molecule has 2 heterocycles. The molecule has 2 fully saturated rings. The van der Waals surface area contributed by atoms with E-state index in [1.165, 1.54) is 4.90 Å². The minimum atomic E-state index is -0.944. The van der Waals surface area contributed by atoms with E-state index in [9.17, 15) is 19.5 Å². The molecule has 8 heteroatoms. The Morgan fingerprint density at radius 3 is 2.11 bits per heavy atom. The lowest BCUT2D eigenvalue weighted by atomic mass is 9.85. The average molecular weight is 493 g/mol. The van der Waals surface area contributed by atoms with Crippen molar-refractivity contribution in [2.24, 2.45) is 11.8 Å². The van der Waals surface area contributed by atoms with Crippen molar-refractivity contribution in [3.05, 3.63) is 59.7 Å². The minimum Gasteiger partial charge on any atom is -0.481 e. The fraction of sp³-hybridized carbons (Fsp3) is 0.464. The average Bonchev–Trinajstić information content (AvgIpc) is 3.40. The van der Waals surface area contributed by atoms with Crippen LogP contribution in [0.2, 0.25) is 0 Å². The van der Waals surface area contributed by atoms with Crippen molar-refractivity contribution in [1.29, 1.82) is 0 Å². The van der Waals surface area contributed by atoms with Crippen LogP contribution in [0.4, 0.5) is 9.59 Å². The van der Waals surface area contributed by atoms with Crippen LogP contribution in [-0.4, -0.2) is 70.9 Å². The third-order valence-electron chi connectivity index (χ3n) is 7.38. The number of carboxylic acids is 1. The van der Waals surface area contributed by atoms with Crippen molar-refractivity contribution in [3.63, 3.8) is 0 Å².